The summed E-state index contributed by atoms with van der Waals surface area (Å²) in [6.07, 6.45) is 2.72. The second-order valence-electron chi connectivity index (χ2n) is 7.79. The number of rotatable bonds is 5. The normalized spacial score (nSPS) is 23.3. The Kier molecular flexibility index (Phi) is 5.57. The van der Waals surface area contributed by atoms with Gasteiger partial charge in [-0.2, -0.15) is 0 Å². The van der Waals surface area contributed by atoms with Crippen molar-refractivity contribution in [2.24, 2.45) is 0 Å². The third-order valence-corrected chi connectivity index (χ3v) is 6.16. The predicted octanol–water partition coefficient (Wildman–Crippen LogP) is 3.86. The molecule has 2 atom stereocenters. The van der Waals surface area contributed by atoms with Crippen LogP contribution in [0, 0.1) is 0 Å². The van der Waals surface area contributed by atoms with Crippen molar-refractivity contribution >= 4 is 5.69 Å². The van der Waals surface area contributed by atoms with Crippen LogP contribution in [0.4, 0.5) is 5.69 Å². The van der Waals surface area contributed by atoms with E-state index in [9.17, 15) is 0 Å². The lowest BCUT2D eigenvalue weighted by Gasteiger charge is -2.47. The van der Waals surface area contributed by atoms with Gasteiger partial charge in [-0.25, -0.2) is 0 Å². The van der Waals surface area contributed by atoms with Gasteiger partial charge in [0.1, 0.15) is 0 Å². The average Bonchev–Trinajstić information content (AvgIpc) is 3.24. The molecule has 26 heavy (non-hydrogen) atoms. The molecule has 3 heteroatoms. The molecule has 0 spiro atoms. The van der Waals surface area contributed by atoms with E-state index in [1.54, 1.807) is 0 Å². The zero-order valence-electron chi connectivity index (χ0n) is 15.9. The molecule has 2 heterocycles. The predicted molar refractivity (Wildman–Crippen MR) is 110 cm³/mol. The average molecular weight is 350 g/mol. The molecule has 2 aliphatic rings. The van der Waals surface area contributed by atoms with Crippen LogP contribution in [0.15, 0.2) is 60.7 Å². The first-order valence-electron chi connectivity index (χ1n) is 10.1. The fourth-order valence-corrected chi connectivity index (χ4v) is 4.58. The van der Waals surface area contributed by atoms with Gasteiger partial charge in [-0.1, -0.05) is 48.5 Å². The maximum absolute atomic E-state index is 2.72. The van der Waals surface area contributed by atoms with Crippen LogP contribution in [0.5, 0.6) is 0 Å². The molecule has 4 rings (SSSR count). The van der Waals surface area contributed by atoms with Gasteiger partial charge >= 0.3 is 0 Å². The Morgan fingerprint density at radius 2 is 1.50 bits per heavy atom. The molecule has 0 aromatic heterocycles. The van der Waals surface area contributed by atoms with Crippen molar-refractivity contribution in [3.8, 4) is 0 Å². The van der Waals surface area contributed by atoms with Crippen molar-refractivity contribution in [1.29, 1.82) is 0 Å². The summed E-state index contributed by atoms with van der Waals surface area (Å²) in [7, 11) is 0. The van der Waals surface area contributed by atoms with Crippen LogP contribution in [0.25, 0.3) is 0 Å². The number of benzene rings is 2. The summed E-state index contributed by atoms with van der Waals surface area (Å²) in [4.78, 5) is 8.01. The Labute approximate surface area is 158 Å². The minimum absolute atomic E-state index is 0.572. The van der Waals surface area contributed by atoms with Crippen LogP contribution in [-0.2, 0) is 6.54 Å². The van der Waals surface area contributed by atoms with Crippen molar-refractivity contribution in [3.63, 3.8) is 0 Å². The molecule has 0 saturated carbocycles. The Morgan fingerprint density at radius 3 is 2.19 bits per heavy atom. The molecule has 0 unspecified atom stereocenters. The third kappa shape index (κ3) is 3.94. The third-order valence-electron chi connectivity index (χ3n) is 6.16. The maximum atomic E-state index is 2.72. The van der Waals surface area contributed by atoms with Crippen LogP contribution < -0.4 is 4.90 Å². The van der Waals surface area contributed by atoms with E-state index in [4.69, 9.17) is 0 Å². The summed E-state index contributed by atoms with van der Waals surface area (Å²) in [6, 6.07) is 23.1. The zero-order valence-corrected chi connectivity index (χ0v) is 15.9. The molecular weight excluding hydrogens is 318 g/mol. The second kappa shape index (κ2) is 8.24. The van der Waals surface area contributed by atoms with Gasteiger partial charge in [0.05, 0.1) is 0 Å². The first kappa shape index (κ1) is 17.6. The Hall–Kier alpha value is -1.84. The number of anilines is 1. The fourth-order valence-electron chi connectivity index (χ4n) is 4.58. The van der Waals surface area contributed by atoms with E-state index in [1.165, 1.54) is 37.2 Å². The molecule has 2 aromatic rings. The first-order chi connectivity index (χ1) is 12.8. The van der Waals surface area contributed by atoms with E-state index >= 15 is 0 Å². The minimum Gasteiger partial charge on any atom is -0.369 e. The molecular formula is C23H31N3. The van der Waals surface area contributed by atoms with Crippen molar-refractivity contribution in [2.45, 2.75) is 38.4 Å². The lowest BCUT2D eigenvalue weighted by Crippen LogP contribution is -2.60. The molecule has 0 N–H and O–H groups in total. The van der Waals surface area contributed by atoms with Crippen molar-refractivity contribution in [3.05, 3.63) is 66.2 Å². The molecule has 0 aliphatic carbocycles. The van der Waals surface area contributed by atoms with Crippen LogP contribution in [-0.4, -0.2) is 54.6 Å². The lowest BCUT2D eigenvalue weighted by molar-refractivity contribution is 0.0846. The van der Waals surface area contributed by atoms with Gasteiger partial charge in [0.2, 0.25) is 0 Å². The number of piperazine rings is 1. The SMILES string of the molecule is C[C@@H]([C@H]1CN(c2ccccc2)CCN1Cc1ccccc1)N1CCCC1. The highest BCUT2D eigenvalue weighted by Crippen LogP contribution is 2.25. The van der Waals surface area contributed by atoms with Crippen LogP contribution in [0.1, 0.15) is 25.3 Å². The topological polar surface area (TPSA) is 9.72 Å². The van der Waals surface area contributed by atoms with Crippen LogP contribution in [0.2, 0.25) is 0 Å². The number of hydrogen-bond acceptors (Lipinski definition) is 3. The fraction of sp³-hybridized carbons (Fsp3) is 0.478. The van der Waals surface area contributed by atoms with E-state index in [-0.39, 0.29) is 0 Å². The Balaban J connectivity index is 1.53. The van der Waals surface area contributed by atoms with E-state index in [1.807, 2.05) is 0 Å². The van der Waals surface area contributed by atoms with E-state index in [2.05, 4.69) is 82.3 Å². The number of hydrogen-bond donors (Lipinski definition) is 0. The molecule has 2 saturated heterocycles. The molecule has 0 radical (unpaired) electrons. The lowest BCUT2D eigenvalue weighted by atomic mass is 10.0. The first-order valence-corrected chi connectivity index (χ1v) is 10.1. The van der Waals surface area contributed by atoms with Gasteiger partial charge < -0.3 is 4.90 Å². The standard InChI is InChI=1S/C23H31N3/c1-20(24-14-8-9-15-24)23-19-25(22-12-6-3-7-13-22)16-17-26(23)18-21-10-4-2-5-11-21/h2-7,10-13,20,23H,8-9,14-19H2,1H3/t20-,23+/m0/s1. The molecule has 2 aromatic carbocycles. The highest BCUT2D eigenvalue weighted by Gasteiger charge is 2.34. The summed E-state index contributed by atoms with van der Waals surface area (Å²) in [6.45, 7) is 9.40. The van der Waals surface area contributed by atoms with Gasteiger partial charge in [0, 0.05) is 44.0 Å². The summed E-state index contributed by atoms with van der Waals surface area (Å²) in [5.74, 6) is 0. The number of nitrogens with zero attached hydrogens (tertiary/aromatic N) is 3. The largest absolute Gasteiger partial charge is 0.369 e. The Morgan fingerprint density at radius 1 is 0.846 bits per heavy atom. The summed E-state index contributed by atoms with van der Waals surface area (Å²) >= 11 is 0. The summed E-state index contributed by atoms with van der Waals surface area (Å²) < 4.78 is 0. The van der Waals surface area contributed by atoms with E-state index in [0.29, 0.717) is 12.1 Å². The molecule has 138 valence electrons. The molecule has 3 nitrogen and oxygen atoms in total. The molecule has 2 fully saturated rings. The van der Waals surface area contributed by atoms with Gasteiger partial charge in [-0.3, -0.25) is 9.80 Å². The van der Waals surface area contributed by atoms with Crippen molar-refractivity contribution in [2.75, 3.05) is 37.6 Å². The van der Waals surface area contributed by atoms with Crippen LogP contribution >= 0.6 is 0 Å². The van der Waals surface area contributed by atoms with Gasteiger partial charge in [-0.15, -0.1) is 0 Å². The molecule has 0 amide bonds. The van der Waals surface area contributed by atoms with Crippen LogP contribution in [0.3, 0.4) is 0 Å². The summed E-state index contributed by atoms with van der Waals surface area (Å²) in [5, 5.41) is 0. The maximum Gasteiger partial charge on any atom is 0.0428 e. The highest BCUT2D eigenvalue weighted by molar-refractivity contribution is 5.46. The minimum atomic E-state index is 0.572. The quantitative estimate of drug-likeness (QED) is 0.811. The highest BCUT2D eigenvalue weighted by atomic mass is 15.3. The summed E-state index contributed by atoms with van der Waals surface area (Å²) in [5.41, 5.74) is 2.80. The zero-order chi connectivity index (χ0) is 17.8. The molecule has 0 bridgehead atoms. The molecule has 2 aliphatic heterocycles. The van der Waals surface area contributed by atoms with Gasteiger partial charge in [0.15, 0.2) is 0 Å². The second-order valence-corrected chi connectivity index (χ2v) is 7.79. The van der Waals surface area contributed by atoms with E-state index in [0.717, 1.165) is 26.2 Å². The van der Waals surface area contributed by atoms with Crippen molar-refractivity contribution < 1.29 is 0 Å². The van der Waals surface area contributed by atoms with Crippen molar-refractivity contribution in [1.82, 2.24) is 9.80 Å². The smallest absolute Gasteiger partial charge is 0.0428 e. The van der Waals surface area contributed by atoms with E-state index < -0.39 is 0 Å². The monoisotopic (exact) mass is 349 g/mol. The number of para-hydroxylation sites is 1. The Bertz CT molecular complexity index is 666. The van der Waals surface area contributed by atoms with Gasteiger partial charge in [-0.05, 0) is 50.6 Å². The van der Waals surface area contributed by atoms with Gasteiger partial charge in [0.25, 0.3) is 0 Å². The number of likely N-dealkylation sites (tertiary alicyclic amines) is 1.